The van der Waals surface area contributed by atoms with E-state index >= 15 is 0 Å². The summed E-state index contributed by atoms with van der Waals surface area (Å²) < 4.78 is 19.7. The van der Waals surface area contributed by atoms with Crippen LogP contribution in [0.25, 0.3) is 6.08 Å². The number of anilines is 2. The van der Waals surface area contributed by atoms with Crippen LogP contribution in [0.2, 0.25) is 0 Å². The van der Waals surface area contributed by atoms with Crippen LogP contribution in [0.1, 0.15) is 30.0 Å². The molecule has 8 heteroatoms. The maximum Gasteiger partial charge on any atom is 0.244 e. The van der Waals surface area contributed by atoms with Crippen molar-refractivity contribution in [3.8, 4) is 0 Å². The Kier molecular flexibility index (Phi) is 6.75. The summed E-state index contributed by atoms with van der Waals surface area (Å²) in [5, 5.41) is 4.93. The van der Waals surface area contributed by atoms with E-state index < -0.39 is 11.9 Å². The average molecular weight is 462 g/mol. The number of amides is 2. The summed E-state index contributed by atoms with van der Waals surface area (Å²) in [6.45, 7) is 1.34. The average Bonchev–Trinajstić information content (AvgIpc) is 3.51. The molecule has 1 N–H and O–H groups in total. The molecule has 33 heavy (non-hydrogen) atoms. The van der Waals surface area contributed by atoms with Gasteiger partial charge >= 0.3 is 0 Å². The zero-order chi connectivity index (χ0) is 23.2. The number of hydrogen-bond donors (Lipinski definition) is 1. The van der Waals surface area contributed by atoms with Crippen molar-refractivity contribution < 1.29 is 18.4 Å². The van der Waals surface area contributed by atoms with E-state index in [9.17, 15) is 14.0 Å². The summed E-state index contributed by atoms with van der Waals surface area (Å²) in [6.07, 6.45) is 4.46. The molecule has 2 amide bonds. The van der Waals surface area contributed by atoms with Crippen molar-refractivity contribution in [2.45, 2.75) is 13.0 Å². The Morgan fingerprint density at radius 1 is 1.09 bits per heavy atom. The smallest absolute Gasteiger partial charge is 0.244 e. The molecule has 2 aromatic heterocycles. The quantitative estimate of drug-likeness (QED) is 0.370. The number of hydrogen-bond acceptors (Lipinski definition) is 5. The maximum atomic E-state index is 14.2. The molecule has 0 bridgehead atoms. The Balaban J connectivity index is 1.51. The summed E-state index contributed by atoms with van der Waals surface area (Å²) in [5.74, 6) is -0.621. The number of carbonyl (C=O) groups excluding carboxylic acids is 2. The van der Waals surface area contributed by atoms with Crippen LogP contribution in [0.5, 0.6) is 0 Å². The summed E-state index contributed by atoms with van der Waals surface area (Å²) in [5.41, 5.74) is 1.48. The minimum absolute atomic E-state index is 0.122. The van der Waals surface area contributed by atoms with E-state index in [4.69, 9.17) is 4.42 Å². The number of rotatable bonds is 7. The molecule has 4 rings (SSSR count). The molecule has 0 radical (unpaired) electrons. The first kappa shape index (κ1) is 22.2. The Bertz CT molecular complexity index is 1270. The monoisotopic (exact) mass is 461 g/mol. The molecule has 1 atom stereocenters. The molecule has 2 heterocycles. The summed E-state index contributed by atoms with van der Waals surface area (Å²) in [6, 6.07) is 18.6. The van der Waals surface area contributed by atoms with Crippen LogP contribution >= 0.6 is 11.3 Å². The highest BCUT2D eigenvalue weighted by Gasteiger charge is 2.21. The number of furan rings is 1. The van der Waals surface area contributed by atoms with Gasteiger partial charge in [0.1, 0.15) is 17.6 Å². The van der Waals surface area contributed by atoms with Crippen LogP contribution in [0.3, 0.4) is 0 Å². The minimum atomic E-state index is -0.524. The van der Waals surface area contributed by atoms with E-state index in [1.807, 2.05) is 30.3 Å². The lowest BCUT2D eigenvalue weighted by molar-refractivity contribution is -0.117. The predicted molar refractivity (Wildman–Crippen MR) is 126 cm³/mol. The van der Waals surface area contributed by atoms with E-state index in [1.54, 1.807) is 42.0 Å². The van der Waals surface area contributed by atoms with E-state index in [-0.39, 0.29) is 17.5 Å². The lowest BCUT2D eigenvalue weighted by Crippen LogP contribution is -2.27. The zero-order valence-electron chi connectivity index (χ0n) is 17.6. The third-order valence-corrected chi connectivity index (χ3v) is 5.61. The number of benzene rings is 2. The third-order valence-electron chi connectivity index (χ3n) is 4.76. The molecule has 0 saturated carbocycles. The summed E-state index contributed by atoms with van der Waals surface area (Å²) >= 11 is 1.18. The Hall–Kier alpha value is -4.04. The molecule has 0 saturated heterocycles. The first-order valence-electron chi connectivity index (χ1n) is 10.1. The standard InChI is InChI=1S/C25H20FN3O3S/c1-17(30)29(21-11-6-5-10-20(21)26)25-27-19(16-33-25)13-14-23(31)28-24(22-12-7-15-32-22)18-8-3-2-4-9-18/h2-16,24H,1H3,(H,28,31)/b14-13+. The first-order valence-corrected chi connectivity index (χ1v) is 11.0. The van der Waals surface area contributed by atoms with Gasteiger partial charge in [0.05, 0.1) is 17.6 Å². The first-order chi connectivity index (χ1) is 16.0. The van der Waals surface area contributed by atoms with Crippen molar-refractivity contribution in [2.75, 3.05) is 4.90 Å². The zero-order valence-corrected chi connectivity index (χ0v) is 18.5. The van der Waals surface area contributed by atoms with E-state index in [2.05, 4.69) is 10.3 Å². The van der Waals surface area contributed by atoms with Gasteiger partial charge in [0.15, 0.2) is 5.13 Å². The molecule has 0 aliphatic carbocycles. The number of nitrogens with one attached hydrogen (secondary N) is 1. The number of halogens is 1. The van der Waals surface area contributed by atoms with Gasteiger partial charge in [-0.05, 0) is 35.9 Å². The summed E-state index contributed by atoms with van der Waals surface area (Å²) in [7, 11) is 0. The van der Waals surface area contributed by atoms with Gasteiger partial charge in [0.2, 0.25) is 11.8 Å². The Morgan fingerprint density at radius 3 is 2.55 bits per heavy atom. The van der Waals surface area contributed by atoms with Gasteiger partial charge in [0.25, 0.3) is 0 Å². The van der Waals surface area contributed by atoms with Crippen LogP contribution in [-0.2, 0) is 9.59 Å². The van der Waals surface area contributed by atoms with Crippen molar-refractivity contribution in [3.63, 3.8) is 0 Å². The van der Waals surface area contributed by atoms with Gasteiger partial charge in [-0.3, -0.25) is 14.5 Å². The molecule has 0 aliphatic heterocycles. The largest absolute Gasteiger partial charge is 0.467 e. The molecular weight excluding hydrogens is 441 g/mol. The molecule has 0 fully saturated rings. The van der Waals surface area contributed by atoms with Gasteiger partial charge in [-0.15, -0.1) is 11.3 Å². The highest BCUT2D eigenvalue weighted by molar-refractivity contribution is 7.14. The second kappa shape index (κ2) is 10.1. The van der Waals surface area contributed by atoms with E-state index in [1.165, 1.54) is 41.4 Å². The highest BCUT2D eigenvalue weighted by Crippen LogP contribution is 2.31. The lowest BCUT2D eigenvalue weighted by Gasteiger charge is -2.18. The molecule has 2 aromatic carbocycles. The fourth-order valence-corrected chi connectivity index (χ4v) is 4.11. The minimum Gasteiger partial charge on any atom is -0.467 e. The van der Waals surface area contributed by atoms with Crippen LogP contribution in [0.15, 0.2) is 88.9 Å². The predicted octanol–water partition coefficient (Wildman–Crippen LogP) is 5.48. The molecule has 0 aliphatic rings. The SMILES string of the molecule is CC(=O)N(c1nc(/C=C/C(=O)NC(c2ccccc2)c2ccco2)cs1)c1ccccc1F. The second-order valence-corrected chi connectivity index (χ2v) is 7.90. The number of para-hydroxylation sites is 1. The van der Waals surface area contributed by atoms with E-state index in [0.717, 1.165) is 5.56 Å². The van der Waals surface area contributed by atoms with Gasteiger partial charge in [0, 0.05) is 18.4 Å². The fourth-order valence-electron chi connectivity index (χ4n) is 3.27. The highest BCUT2D eigenvalue weighted by atomic mass is 32.1. The third kappa shape index (κ3) is 5.24. The van der Waals surface area contributed by atoms with E-state index in [0.29, 0.717) is 16.6 Å². The van der Waals surface area contributed by atoms with Crippen LogP contribution in [0.4, 0.5) is 15.2 Å². The van der Waals surface area contributed by atoms with Gasteiger partial charge in [-0.25, -0.2) is 9.37 Å². The fraction of sp³-hybridized carbons (Fsp3) is 0.0800. The normalized spacial score (nSPS) is 11.9. The van der Waals surface area contributed by atoms with Gasteiger partial charge < -0.3 is 9.73 Å². The second-order valence-electron chi connectivity index (χ2n) is 7.06. The lowest BCUT2D eigenvalue weighted by atomic mass is 10.0. The Morgan fingerprint density at radius 2 is 1.85 bits per heavy atom. The topological polar surface area (TPSA) is 75.4 Å². The molecule has 0 spiro atoms. The van der Waals surface area contributed by atoms with Gasteiger partial charge in [-0.1, -0.05) is 42.5 Å². The van der Waals surface area contributed by atoms with Crippen molar-refractivity contribution in [1.29, 1.82) is 0 Å². The van der Waals surface area contributed by atoms with Crippen molar-refractivity contribution >= 4 is 40.0 Å². The van der Waals surface area contributed by atoms with Crippen molar-refractivity contribution in [3.05, 3.63) is 107 Å². The Labute approximate surface area is 194 Å². The molecular formula is C25H20FN3O3S. The summed E-state index contributed by atoms with van der Waals surface area (Å²) in [4.78, 5) is 30.4. The van der Waals surface area contributed by atoms with Crippen LogP contribution in [-0.4, -0.2) is 16.8 Å². The van der Waals surface area contributed by atoms with Crippen LogP contribution < -0.4 is 10.2 Å². The number of nitrogens with zero attached hydrogens (tertiary/aromatic N) is 2. The molecule has 166 valence electrons. The van der Waals surface area contributed by atoms with Crippen molar-refractivity contribution in [2.24, 2.45) is 0 Å². The molecule has 1 unspecified atom stereocenters. The van der Waals surface area contributed by atoms with Crippen LogP contribution in [0, 0.1) is 5.82 Å². The molecule has 4 aromatic rings. The maximum absolute atomic E-state index is 14.2. The van der Waals surface area contributed by atoms with Crippen molar-refractivity contribution in [1.82, 2.24) is 10.3 Å². The number of carbonyl (C=O) groups is 2. The number of thiazole rings is 1. The van der Waals surface area contributed by atoms with Gasteiger partial charge in [-0.2, -0.15) is 0 Å². The molecule has 6 nitrogen and oxygen atoms in total. The number of aromatic nitrogens is 1.